The molecule has 1 amide bonds. The fraction of sp³-hybridized carbons (Fsp3) is 0.385. The van der Waals surface area contributed by atoms with Gasteiger partial charge in [-0.25, -0.2) is 4.98 Å². The molecule has 0 saturated carbocycles. The molecular formula is C13H15N3O2S. The summed E-state index contributed by atoms with van der Waals surface area (Å²) in [6, 6.07) is 1.55. The van der Waals surface area contributed by atoms with Crippen LogP contribution >= 0.6 is 11.3 Å². The number of fused-ring (bicyclic) bond motifs is 1. The molecule has 0 fully saturated rings. The second-order valence-corrected chi connectivity index (χ2v) is 5.24. The molecule has 1 aliphatic heterocycles. The largest absolute Gasteiger partial charge is 0.467 e. The summed E-state index contributed by atoms with van der Waals surface area (Å²) in [7, 11) is 1.78. The molecule has 3 rings (SSSR count). The van der Waals surface area contributed by atoms with E-state index in [4.69, 9.17) is 4.42 Å². The number of likely N-dealkylation sites (N-methyl/N-ethyl adjacent to an activating group) is 1. The molecule has 3 heterocycles. The first-order valence-electron chi connectivity index (χ1n) is 6.19. The predicted octanol–water partition coefficient (Wildman–Crippen LogP) is 1.58. The van der Waals surface area contributed by atoms with E-state index in [1.165, 1.54) is 0 Å². The average molecular weight is 277 g/mol. The van der Waals surface area contributed by atoms with Gasteiger partial charge in [0.05, 0.1) is 24.0 Å². The highest BCUT2D eigenvalue weighted by Gasteiger charge is 2.32. The summed E-state index contributed by atoms with van der Waals surface area (Å²) in [6.45, 7) is 1.26. The van der Waals surface area contributed by atoms with Crippen LogP contribution < -0.4 is 5.32 Å². The Hall–Kier alpha value is -1.66. The number of hydrogen-bond donors (Lipinski definition) is 1. The lowest BCUT2D eigenvalue weighted by atomic mass is 10.1. The van der Waals surface area contributed by atoms with E-state index in [2.05, 4.69) is 10.3 Å². The third-order valence-corrected chi connectivity index (χ3v) is 4.01. The molecule has 6 heteroatoms. The minimum Gasteiger partial charge on any atom is -0.467 e. The van der Waals surface area contributed by atoms with Gasteiger partial charge in [0.15, 0.2) is 0 Å². The Labute approximate surface area is 115 Å². The zero-order valence-corrected chi connectivity index (χ0v) is 11.4. The van der Waals surface area contributed by atoms with E-state index in [-0.39, 0.29) is 5.91 Å². The lowest BCUT2D eigenvalue weighted by Gasteiger charge is -2.23. The second-order valence-electron chi connectivity index (χ2n) is 4.52. The molecule has 1 unspecified atom stereocenters. The summed E-state index contributed by atoms with van der Waals surface area (Å²) in [4.78, 5) is 18.6. The number of aromatic nitrogens is 1. The molecule has 5 nitrogen and oxygen atoms in total. The third-order valence-electron chi connectivity index (χ3n) is 3.38. The smallest absolute Gasteiger partial charge is 0.247 e. The summed E-state index contributed by atoms with van der Waals surface area (Å²) in [5.41, 5.74) is 3.83. The van der Waals surface area contributed by atoms with E-state index in [0.717, 1.165) is 23.4 Å². The van der Waals surface area contributed by atoms with Gasteiger partial charge in [0.2, 0.25) is 5.91 Å². The van der Waals surface area contributed by atoms with Crippen LogP contribution in [0.3, 0.4) is 0 Å². The predicted molar refractivity (Wildman–Crippen MR) is 71.7 cm³/mol. The molecule has 1 N–H and O–H groups in total. The maximum absolute atomic E-state index is 12.5. The Bertz CT molecular complexity index is 564. The SMILES string of the molecule is CNC1C(=O)N(Cc2cscn2)CCc2ccoc21. The Kier molecular flexibility index (Phi) is 3.35. The van der Waals surface area contributed by atoms with Gasteiger partial charge in [-0.3, -0.25) is 4.79 Å². The van der Waals surface area contributed by atoms with E-state index in [1.807, 2.05) is 16.3 Å². The van der Waals surface area contributed by atoms with Gasteiger partial charge in [0.25, 0.3) is 0 Å². The first-order chi connectivity index (χ1) is 9.29. The maximum atomic E-state index is 12.5. The summed E-state index contributed by atoms with van der Waals surface area (Å²) in [6.07, 6.45) is 2.47. The Morgan fingerprint density at radius 3 is 3.26 bits per heavy atom. The molecule has 0 aromatic carbocycles. The monoisotopic (exact) mass is 277 g/mol. The van der Waals surface area contributed by atoms with E-state index in [0.29, 0.717) is 13.1 Å². The van der Waals surface area contributed by atoms with Gasteiger partial charge in [0, 0.05) is 11.9 Å². The molecule has 2 aromatic rings. The van der Waals surface area contributed by atoms with Gasteiger partial charge >= 0.3 is 0 Å². The van der Waals surface area contributed by atoms with Crippen molar-refractivity contribution in [2.24, 2.45) is 0 Å². The van der Waals surface area contributed by atoms with Crippen molar-refractivity contribution in [3.63, 3.8) is 0 Å². The molecule has 0 saturated heterocycles. The second kappa shape index (κ2) is 5.14. The Morgan fingerprint density at radius 2 is 2.53 bits per heavy atom. The van der Waals surface area contributed by atoms with Crippen LogP contribution in [-0.4, -0.2) is 29.4 Å². The van der Waals surface area contributed by atoms with E-state index < -0.39 is 6.04 Å². The normalized spacial score (nSPS) is 19.3. The average Bonchev–Trinajstić information content (AvgIpc) is 3.04. The maximum Gasteiger partial charge on any atom is 0.247 e. The molecule has 2 aromatic heterocycles. The van der Waals surface area contributed by atoms with Crippen molar-refractivity contribution in [3.8, 4) is 0 Å². The zero-order chi connectivity index (χ0) is 13.2. The first-order valence-corrected chi connectivity index (χ1v) is 7.13. The fourth-order valence-electron chi connectivity index (χ4n) is 2.39. The van der Waals surface area contributed by atoms with Crippen molar-refractivity contribution in [1.82, 2.24) is 15.2 Å². The van der Waals surface area contributed by atoms with Crippen LogP contribution in [0.25, 0.3) is 0 Å². The fourth-order valence-corrected chi connectivity index (χ4v) is 2.94. The van der Waals surface area contributed by atoms with E-state index in [9.17, 15) is 4.79 Å². The summed E-state index contributed by atoms with van der Waals surface area (Å²) >= 11 is 1.55. The van der Waals surface area contributed by atoms with Crippen LogP contribution in [0.2, 0.25) is 0 Å². The summed E-state index contributed by atoms with van der Waals surface area (Å²) in [5, 5.41) is 5.02. The van der Waals surface area contributed by atoms with Crippen LogP contribution in [0.15, 0.2) is 27.6 Å². The Morgan fingerprint density at radius 1 is 1.63 bits per heavy atom. The number of carbonyl (C=O) groups is 1. The van der Waals surface area contributed by atoms with Gasteiger partial charge in [-0.2, -0.15) is 0 Å². The van der Waals surface area contributed by atoms with Crippen LogP contribution in [0.5, 0.6) is 0 Å². The number of furan rings is 1. The third kappa shape index (κ3) is 2.29. The lowest BCUT2D eigenvalue weighted by molar-refractivity contribution is -0.134. The number of nitrogens with one attached hydrogen (secondary N) is 1. The van der Waals surface area contributed by atoms with Gasteiger partial charge < -0.3 is 14.6 Å². The number of hydrogen-bond acceptors (Lipinski definition) is 5. The molecule has 1 atom stereocenters. The van der Waals surface area contributed by atoms with Gasteiger partial charge in [-0.05, 0) is 25.1 Å². The molecule has 19 heavy (non-hydrogen) atoms. The molecule has 0 aliphatic carbocycles. The van der Waals surface area contributed by atoms with Crippen molar-refractivity contribution in [2.75, 3.05) is 13.6 Å². The molecule has 100 valence electrons. The molecule has 0 bridgehead atoms. The number of nitrogens with zero attached hydrogens (tertiary/aromatic N) is 2. The number of rotatable bonds is 3. The first kappa shape index (κ1) is 12.4. The van der Waals surface area contributed by atoms with Crippen LogP contribution in [-0.2, 0) is 17.8 Å². The quantitative estimate of drug-likeness (QED) is 0.925. The van der Waals surface area contributed by atoms with Crippen molar-refractivity contribution in [3.05, 3.63) is 40.2 Å². The van der Waals surface area contributed by atoms with Crippen LogP contribution in [0.4, 0.5) is 0 Å². The van der Waals surface area contributed by atoms with Gasteiger partial charge in [-0.1, -0.05) is 0 Å². The van der Waals surface area contributed by atoms with Gasteiger partial charge in [-0.15, -0.1) is 11.3 Å². The minimum absolute atomic E-state index is 0.0456. The zero-order valence-electron chi connectivity index (χ0n) is 10.6. The van der Waals surface area contributed by atoms with E-state index in [1.54, 1.807) is 30.2 Å². The standard InChI is InChI=1S/C13H15N3O2S/c1-14-11-12-9(3-5-18-12)2-4-16(13(11)17)6-10-7-19-8-15-10/h3,5,7-8,11,14H,2,4,6H2,1H3. The summed E-state index contributed by atoms with van der Waals surface area (Å²) < 4.78 is 5.47. The highest BCUT2D eigenvalue weighted by atomic mass is 32.1. The Balaban J connectivity index is 1.85. The number of thiazole rings is 1. The lowest BCUT2D eigenvalue weighted by Crippen LogP contribution is -2.38. The molecule has 0 spiro atoms. The number of amides is 1. The van der Waals surface area contributed by atoms with E-state index >= 15 is 0 Å². The topological polar surface area (TPSA) is 58.4 Å². The van der Waals surface area contributed by atoms with Crippen molar-refractivity contribution < 1.29 is 9.21 Å². The van der Waals surface area contributed by atoms with Gasteiger partial charge in [0.1, 0.15) is 11.8 Å². The minimum atomic E-state index is -0.397. The van der Waals surface area contributed by atoms with Crippen molar-refractivity contribution in [2.45, 2.75) is 19.0 Å². The number of carbonyl (C=O) groups excluding carboxylic acids is 1. The highest BCUT2D eigenvalue weighted by molar-refractivity contribution is 7.07. The van der Waals surface area contributed by atoms with Crippen LogP contribution in [0.1, 0.15) is 23.1 Å². The molecule has 1 aliphatic rings. The van der Waals surface area contributed by atoms with Crippen molar-refractivity contribution in [1.29, 1.82) is 0 Å². The molecule has 0 radical (unpaired) electrons. The van der Waals surface area contributed by atoms with Crippen molar-refractivity contribution >= 4 is 17.2 Å². The summed E-state index contributed by atoms with van der Waals surface area (Å²) in [5.74, 6) is 0.789. The molecular weight excluding hydrogens is 262 g/mol. The highest BCUT2D eigenvalue weighted by Crippen LogP contribution is 2.26. The van der Waals surface area contributed by atoms with Crippen LogP contribution in [0, 0.1) is 0 Å².